The first-order valence-electron chi connectivity index (χ1n) is 9.45. The largest absolute Gasteiger partial charge is 0.493 e. The minimum Gasteiger partial charge on any atom is -0.493 e. The lowest BCUT2D eigenvalue weighted by molar-refractivity contribution is 0.102. The normalized spacial score (nSPS) is 13.0. The zero-order valence-corrected chi connectivity index (χ0v) is 16.6. The Labute approximate surface area is 163 Å². The first kappa shape index (κ1) is 18.3. The predicted octanol–water partition coefficient (Wildman–Crippen LogP) is 3.77. The molecule has 2 heterocycles. The van der Waals surface area contributed by atoms with Gasteiger partial charge in [0.2, 0.25) is 0 Å². The highest BCUT2D eigenvalue weighted by molar-refractivity contribution is 6.13. The quantitative estimate of drug-likeness (QED) is 0.729. The Bertz CT molecular complexity index is 1060. The summed E-state index contributed by atoms with van der Waals surface area (Å²) in [6.07, 6.45) is 4.52. The molecule has 0 aliphatic heterocycles. The van der Waals surface area contributed by atoms with Gasteiger partial charge in [0.15, 0.2) is 17.1 Å². The number of carbonyl (C=O) groups is 1. The lowest BCUT2D eigenvalue weighted by Gasteiger charge is -2.14. The van der Waals surface area contributed by atoms with Crippen molar-refractivity contribution < 1.29 is 14.3 Å². The second-order valence-electron chi connectivity index (χ2n) is 7.21. The van der Waals surface area contributed by atoms with Crippen LogP contribution in [0.4, 0.5) is 5.69 Å². The molecule has 1 aromatic carbocycles. The Balaban J connectivity index is 1.77. The molecule has 4 rings (SSSR count). The molecule has 7 heteroatoms. The fourth-order valence-electron chi connectivity index (χ4n) is 3.80. The van der Waals surface area contributed by atoms with Crippen molar-refractivity contribution in [2.45, 2.75) is 39.2 Å². The minimum atomic E-state index is -0.152. The second-order valence-corrected chi connectivity index (χ2v) is 7.21. The zero-order chi connectivity index (χ0) is 19.8. The number of hydrogen-bond acceptors (Lipinski definition) is 5. The van der Waals surface area contributed by atoms with Gasteiger partial charge in [0.05, 0.1) is 31.4 Å². The van der Waals surface area contributed by atoms with Crippen LogP contribution in [0.2, 0.25) is 0 Å². The van der Waals surface area contributed by atoms with Crippen LogP contribution in [0.3, 0.4) is 0 Å². The number of rotatable bonds is 5. The van der Waals surface area contributed by atoms with Crippen molar-refractivity contribution in [3.63, 3.8) is 0 Å². The summed E-state index contributed by atoms with van der Waals surface area (Å²) in [5.74, 6) is 1.03. The Morgan fingerprint density at radius 1 is 1.18 bits per heavy atom. The zero-order valence-electron chi connectivity index (χ0n) is 16.6. The van der Waals surface area contributed by atoms with E-state index in [9.17, 15) is 4.79 Å². The van der Waals surface area contributed by atoms with E-state index in [0.29, 0.717) is 22.7 Å². The van der Waals surface area contributed by atoms with Gasteiger partial charge in [-0.3, -0.25) is 4.79 Å². The van der Waals surface area contributed by atoms with Gasteiger partial charge in [-0.25, -0.2) is 9.67 Å². The fraction of sp³-hybridized carbons (Fsp3) is 0.381. The van der Waals surface area contributed by atoms with Crippen molar-refractivity contribution in [2.75, 3.05) is 19.5 Å². The molecule has 2 aromatic heterocycles. The van der Waals surface area contributed by atoms with Crippen LogP contribution in [0.5, 0.6) is 11.5 Å². The van der Waals surface area contributed by atoms with E-state index < -0.39 is 0 Å². The highest BCUT2D eigenvalue weighted by Gasteiger charge is 2.26. The molecule has 7 nitrogen and oxygen atoms in total. The third-order valence-corrected chi connectivity index (χ3v) is 5.13. The van der Waals surface area contributed by atoms with E-state index in [1.807, 2.05) is 4.68 Å². The van der Waals surface area contributed by atoms with Crippen molar-refractivity contribution >= 4 is 22.6 Å². The molecule has 0 fully saturated rings. The number of nitrogens with one attached hydrogen (secondary N) is 1. The summed E-state index contributed by atoms with van der Waals surface area (Å²) < 4.78 is 12.5. The maximum Gasteiger partial charge on any atom is 0.256 e. The van der Waals surface area contributed by atoms with Crippen molar-refractivity contribution in [3.05, 3.63) is 41.2 Å². The Kier molecular flexibility index (Phi) is 4.66. The van der Waals surface area contributed by atoms with Gasteiger partial charge < -0.3 is 14.8 Å². The van der Waals surface area contributed by atoms with Crippen molar-refractivity contribution in [1.29, 1.82) is 0 Å². The number of methoxy groups -OCH3 is 2. The summed E-state index contributed by atoms with van der Waals surface area (Å²) in [6.45, 7) is 4.12. The van der Waals surface area contributed by atoms with Crippen LogP contribution in [0, 0.1) is 0 Å². The van der Waals surface area contributed by atoms with Crippen molar-refractivity contribution in [2.24, 2.45) is 0 Å². The number of aromatic nitrogens is 3. The monoisotopic (exact) mass is 380 g/mol. The Hall–Kier alpha value is -3.09. The first-order valence-corrected chi connectivity index (χ1v) is 9.45. The van der Waals surface area contributed by atoms with E-state index in [1.54, 1.807) is 38.6 Å². The Morgan fingerprint density at radius 3 is 2.68 bits per heavy atom. The standard InChI is InChI=1S/C21H24N4O3/c1-12(2)25-20-15(11-22-25)19(14-6-5-7-16(14)24-20)21(26)23-13-8-9-17(27-3)18(10-13)28-4/h8-12H,5-7H2,1-4H3,(H,23,26). The number of ether oxygens (including phenoxy) is 2. The number of nitrogens with zero attached hydrogens (tertiary/aromatic N) is 3. The van der Waals surface area contributed by atoms with Gasteiger partial charge >= 0.3 is 0 Å². The van der Waals surface area contributed by atoms with Gasteiger partial charge in [0, 0.05) is 23.5 Å². The van der Waals surface area contributed by atoms with Gasteiger partial charge in [-0.1, -0.05) is 0 Å². The van der Waals surface area contributed by atoms with Gasteiger partial charge in [0.1, 0.15) is 0 Å². The molecule has 0 atom stereocenters. The molecule has 146 valence electrons. The van der Waals surface area contributed by atoms with Crippen molar-refractivity contribution in [1.82, 2.24) is 14.8 Å². The van der Waals surface area contributed by atoms with Crippen LogP contribution in [-0.2, 0) is 12.8 Å². The van der Waals surface area contributed by atoms with E-state index in [4.69, 9.17) is 14.5 Å². The fourth-order valence-corrected chi connectivity index (χ4v) is 3.80. The number of fused-ring (bicyclic) bond motifs is 2. The van der Waals surface area contributed by atoms with E-state index >= 15 is 0 Å². The number of hydrogen-bond donors (Lipinski definition) is 1. The average molecular weight is 380 g/mol. The van der Waals surface area contributed by atoms with Crippen LogP contribution in [0.25, 0.3) is 11.0 Å². The molecule has 0 saturated carbocycles. The van der Waals surface area contributed by atoms with Crippen LogP contribution in [0.1, 0.15) is 47.9 Å². The molecule has 1 N–H and O–H groups in total. The summed E-state index contributed by atoms with van der Waals surface area (Å²) >= 11 is 0. The number of amides is 1. The van der Waals surface area contributed by atoms with Gasteiger partial charge in [0.25, 0.3) is 5.91 Å². The van der Waals surface area contributed by atoms with Gasteiger partial charge in [-0.2, -0.15) is 5.10 Å². The molecule has 1 amide bonds. The molecule has 1 aliphatic rings. The van der Waals surface area contributed by atoms with Crippen molar-refractivity contribution in [3.8, 4) is 11.5 Å². The lowest BCUT2D eigenvalue weighted by atomic mass is 10.0. The highest BCUT2D eigenvalue weighted by Crippen LogP contribution is 2.33. The molecule has 0 bridgehead atoms. The number of carbonyl (C=O) groups excluding carboxylic acids is 1. The van der Waals surface area contributed by atoms with Crippen LogP contribution in [0.15, 0.2) is 24.4 Å². The number of aryl methyl sites for hydroxylation is 1. The molecular weight excluding hydrogens is 356 g/mol. The maximum absolute atomic E-state index is 13.3. The lowest BCUT2D eigenvalue weighted by Crippen LogP contribution is -2.16. The van der Waals surface area contributed by atoms with Crippen LogP contribution >= 0.6 is 0 Å². The SMILES string of the molecule is COc1ccc(NC(=O)c2c3c(nc4c2cnn4C(C)C)CCC3)cc1OC. The summed E-state index contributed by atoms with van der Waals surface area (Å²) in [5.41, 5.74) is 4.14. The molecule has 28 heavy (non-hydrogen) atoms. The van der Waals surface area contributed by atoms with E-state index in [-0.39, 0.29) is 11.9 Å². The molecule has 0 saturated heterocycles. The molecular formula is C21H24N4O3. The van der Waals surface area contributed by atoms with Crippen LogP contribution in [-0.4, -0.2) is 34.9 Å². The average Bonchev–Trinajstić information content (AvgIpc) is 3.32. The summed E-state index contributed by atoms with van der Waals surface area (Å²) in [4.78, 5) is 18.1. The summed E-state index contributed by atoms with van der Waals surface area (Å²) in [7, 11) is 3.16. The third kappa shape index (κ3) is 2.96. The molecule has 0 unspecified atom stereocenters. The topological polar surface area (TPSA) is 78.3 Å². The highest BCUT2D eigenvalue weighted by atomic mass is 16.5. The summed E-state index contributed by atoms with van der Waals surface area (Å²) in [6, 6.07) is 5.51. The second kappa shape index (κ2) is 7.14. The maximum atomic E-state index is 13.3. The molecule has 3 aromatic rings. The Morgan fingerprint density at radius 2 is 1.96 bits per heavy atom. The van der Waals surface area contributed by atoms with Gasteiger partial charge in [-0.05, 0) is 50.8 Å². The number of anilines is 1. The minimum absolute atomic E-state index is 0.152. The van der Waals surface area contributed by atoms with E-state index in [1.165, 1.54) is 0 Å². The van der Waals surface area contributed by atoms with Gasteiger partial charge in [-0.15, -0.1) is 0 Å². The third-order valence-electron chi connectivity index (χ3n) is 5.13. The number of benzene rings is 1. The summed E-state index contributed by atoms with van der Waals surface area (Å²) in [5, 5.41) is 8.28. The molecule has 0 radical (unpaired) electrons. The molecule has 1 aliphatic carbocycles. The molecule has 0 spiro atoms. The predicted molar refractivity (Wildman–Crippen MR) is 107 cm³/mol. The first-order chi connectivity index (χ1) is 13.5. The van der Waals surface area contributed by atoms with E-state index in [2.05, 4.69) is 24.3 Å². The number of pyridine rings is 1. The van der Waals surface area contributed by atoms with Crippen LogP contribution < -0.4 is 14.8 Å². The van der Waals surface area contributed by atoms with E-state index in [0.717, 1.165) is 41.6 Å². The smallest absolute Gasteiger partial charge is 0.256 e.